The van der Waals surface area contributed by atoms with Crippen molar-refractivity contribution in [1.29, 1.82) is 0 Å². The fraction of sp³-hybridized carbons (Fsp3) is 0.333. The summed E-state index contributed by atoms with van der Waals surface area (Å²) < 4.78 is 95.4. The number of aliphatic hydroxyl groups excluding tert-OH is 3. The van der Waals surface area contributed by atoms with Gasteiger partial charge in [0, 0.05) is 57.2 Å². The van der Waals surface area contributed by atoms with Crippen molar-refractivity contribution in [3.8, 4) is 0 Å². The van der Waals surface area contributed by atoms with Gasteiger partial charge in [-0.3, -0.25) is 24.7 Å². The molecule has 0 aliphatic rings. The largest absolute Gasteiger partial charge is 1.00 e. The molecule has 2 heterocycles. The van der Waals surface area contributed by atoms with Gasteiger partial charge >= 0.3 is 109 Å². The quantitative estimate of drug-likeness (QED) is 0.0175. The van der Waals surface area contributed by atoms with Crippen LogP contribution in [0.15, 0.2) is 109 Å². The number of nitrogens with one attached hydrogen (secondary N) is 2. The van der Waals surface area contributed by atoms with Crippen LogP contribution in [0.25, 0.3) is 21.5 Å². The van der Waals surface area contributed by atoms with Gasteiger partial charge in [-0.25, -0.2) is 41.7 Å². The summed E-state index contributed by atoms with van der Waals surface area (Å²) in [5.74, 6) is -4.90. The van der Waals surface area contributed by atoms with E-state index in [0.717, 1.165) is 50.6 Å². The third-order valence-electron chi connectivity index (χ3n) is 11.6. The van der Waals surface area contributed by atoms with E-state index in [9.17, 15) is 65.9 Å². The molecule has 88 heavy (non-hydrogen) atoms. The Morgan fingerprint density at radius 1 is 0.568 bits per heavy atom. The van der Waals surface area contributed by atoms with E-state index in [1.807, 2.05) is 48.5 Å². The van der Waals surface area contributed by atoms with E-state index in [2.05, 4.69) is 29.6 Å². The number of hydrogen-bond acceptors (Lipinski definition) is 18. The maximum absolute atomic E-state index is 14.0. The van der Waals surface area contributed by atoms with Crippen molar-refractivity contribution in [3.63, 3.8) is 0 Å². The number of carbonyl (C=O) groups excluding carboxylic acids is 4. The third kappa shape index (κ3) is 33.8. The Morgan fingerprint density at radius 3 is 1.25 bits per heavy atom. The average Bonchev–Trinajstić information content (AvgIpc) is 2.43. The third-order valence-corrected chi connectivity index (χ3v) is 12.6. The van der Waals surface area contributed by atoms with Gasteiger partial charge in [0.25, 0.3) is 0 Å². The Kier molecular flexibility index (Phi) is 50.5. The SMILES string of the molecule is CN(C(=O)CCc1cccc(F)c1F)[C@H](COC(=O)Nc1cc2ccccc2cn1)C[C@H](O)COP(=O)(O)O.CN(C(=O)CCc1cccc(F)c1F)[C@H](COC(=O)Nc1cc2ccccc2cn1)C[C@H](O)COP(=O)([O-])[O-].CO.S.S.S.S.[Na+].[Na+].[Na+].[OH-]. The van der Waals surface area contributed by atoms with Crippen molar-refractivity contribution in [3.05, 3.63) is 144 Å². The first-order chi connectivity index (χ1) is 37.8. The standard InChI is InChI=1S/2C25H28F2N3O8P.CH4O.3Na.H2O.4H2S/c2*1-30(23(32)10-9-16-7-4-8-21(26)24(16)27)19(12-20(31)15-38-39(34,35)36)14-37-25(33)29-22-11-17-5-2-3-6-18(17)13-28-22;1-2;;;;;;;;/h2*2-8,11,13,19-20,31H,9-10,12,14-15H2,1H3,(H,28,29,33)(H2,34,35,36);2H,1H3;;;;5*1H2/q;;;3*+1;;;;;/p-3/t2*19-,20-;;;;;;;;;/m00........./s1. The number of carbonyl (C=O) groups is 4. The number of phosphoric ester groups is 2. The number of halogens is 4. The summed E-state index contributed by atoms with van der Waals surface area (Å²) in [4.78, 5) is 100. The zero-order valence-electron chi connectivity index (χ0n) is 48.6. The molecule has 0 fully saturated rings. The van der Waals surface area contributed by atoms with Crippen LogP contribution in [-0.4, -0.2) is 146 Å². The second-order valence-electron chi connectivity index (χ2n) is 17.3. The van der Waals surface area contributed by atoms with Crippen molar-refractivity contribution in [2.75, 3.05) is 58.3 Å². The van der Waals surface area contributed by atoms with Crippen LogP contribution in [-0.2, 0) is 50.1 Å². The Bertz CT molecular complexity index is 2960. The molecule has 24 nitrogen and oxygen atoms in total. The van der Waals surface area contributed by atoms with E-state index < -0.39 is 114 Å². The molecule has 0 unspecified atom stereocenters. The number of rotatable bonds is 24. The number of pyridine rings is 2. The number of aromatic nitrogens is 2. The molecule has 2 aromatic heterocycles. The molecular formula is C51H67F4N6Na3O18P2S4. The van der Waals surface area contributed by atoms with Crippen LogP contribution in [0.2, 0.25) is 0 Å². The zero-order valence-corrected chi connectivity index (χ0v) is 60.3. The number of anilines is 2. The van der Waals surface area contributed by atoms with Gasteiger partial charge in [0.15, 0.2) is 23.3 Å². The number of nitrogens with zero attached hydrogens (tertiary/aromatic N) is 4. The summed E-state index contributed by atoms with van der Waals surface area (Å²) >= 11 is 0. The minimum atomic E-state index is -5.36. The van der Waals surface area contributed by atoms with Crippen LogP contribution < -0.4 is 109 Å². The molecule has 0 radical (unpaired) electrons. The number of hydrogen-bond donors (Lipinski definition) is 7. The second kappa shape index (κ2) is 47.3. The molecule has 0 spiro atoms. The van der Waals surface area contributed by atoms with Gasteiger partial charge < -0.3 is 68.7 Å². The second-order valence-corrected chi connectivity index (χ2v) is 19.7. The van der Waals surface area contributed by atoms with Crippen LogP contribution in [0.4, 0.5) is 38.8 Å². The first-order valence-electron chi connectivity index (χ1n) is 24.0. The molecule has 4 atom stereocenters. The molecular weight excluding hydrogens is 1320 g/mol. The number of likely N-dealkylation sites (N-methyl/N-ethyl adjacent to an activating group) is 2. The van der Waals surface area contributed by atoms with Crippen LogP contribution >= 0.6 is 69.6 Å². The van der Waals surface area contributed by atoms with Gasteiger partial charge in [0.1, 0.15) is 24.8 Å². The zero-order chi connectivity index (χ0) is 59.2. The molecule has 474 valence electrons. The number of fused-ring (bicyclic) bond motifs is 2. The smallest absolute Gasteiger partial charge is 0.870 e. The summed E-state index contributed by atoms with van der Waals surface area (Å²) in [5.41, 5.74) is -0.0104. The first-order valence-corrected chi connectivity index (χ1v) is 27.0. The molecule has 0 bridgehead atoms. The van der Waals surface area contributed by atoms with Crippen LogP contribution in [0.1, 0.15) is 36.8 Å². The van der Waals surface area contributed by atoms with E-state index in [0.29, 0.717) is 0 Å². The maximum Gasteiger partial charge on any atom is 1.00 e. The normalized spacial score (nSPS) is 11.7. The summed E-state index contributed by atoms with van der Waals surface area (Å²) in [7, 11) is -6.52. The molecule has 37 heteroatoms. The van der Waals surface area contributed by atoms with Crippen molar-refractivity contribution < 1.29 is 193 Å². The van der Waals surface area contributed by atoms with E-state index in [1.165, 1.54) is 38.4 Å². The van der Waals surface area contributed by atoms with E-state index in [1.54, 1.807) is 24.5 Å². The van der Waals surface area contributed by atoms with Gasteiger partial charge in [-0.1, -0.05) is 72.8 Å². The fourth-order valence-electron chi connectivity index (χ4n) is 7.46. The van der Waals surface area contributed by atoms with Gasteiger partial charge in [-0.2, -0.15) is 54.0 Å². The minimum absolute atomic E-state index is 0. The first kappa shape index (κ1) is 94.1. The van der Waals surface area contributed by atoms with E-state index in [-0.39, 0.29) is 209 Å². The number of benzene rings is 4. The molecule has 0 saturated heterocycles. The summed E-state index contributed by atoms with van der Waals surface area (Å²) in [6.07, 6.45) is -2.97. The van der Waals surface area contributed by atoms with Crippen LogP contribution in [0.5, 0.6) is 0 Å². The number of aliphatic hydroxyl groups is 3. The summed E-state index contributed by atoms with van der Waals surface area (Å²) in [6.45, 7) is -2.47. The van der Waals surface area contributed by atoms with Gasteiger partial charge in [-0.15, -0.1) is 0 Å². The number of phosphoric acid groups is 2. The van der Waals surface area contributed by atoms with Gasteiger partial charge in [0.2, 0.25) is 11.8 Å². The summed E-state index contributed by atoms with van der Waals surface area (Å²) in [6, 6.07) is 23.2. The summed E-state index contributed by atoms with van der Waals surface area (Å²) in [5, 5.41) is 35.7. The molecule has 0 aliphatic heterocycles. The Morgan fingerprint density at radius 2 is 0.909 bits per heavy atom. The van der Waals surface area contributed by atoms with Crippen molar-refractivity contribution in [1.82, 2.24) is 19.8 Å². The van der Waals surface area contributed by atoms with Crippen LogP contribution in [0, 0.1) is 23.3 Å². The number of aryl methyl sites for hydroxylation is 2. The van der Waals surface area contributed by atoms with Gasteiger partial charge in [-0.05, 0) is 71.8 Å². The molecule has 4 amide bonds. The number of amides is 4. The Hall–Kier alpha value is -2.64. The monoisotopic (exact) mass is 1390 g/mol. The average molecular weight is 1390 g/mol. The van der Waals surface area contributed by atoms with Crippen LogP contribution in [0.3, 0.4) is 0 Å². The van der Waals surface area contributed by atoms with E-state index >= 15 is 0 Å². The molecule has 6 rings (SSSR count). The van der Waals surface area contributed by atoms with E-state index in [4.69, 9.17) is 24.4 Å². The number of ether oxygens (including phenoxy) is 2. The molecule has 6 aromatic rings. The van der Waals surface area contributed by atoms with Gasteiger partial charge in [0.05, 0.1) is 45.3 Å². The topological polar surface area (TPSA) is 373 Å². The Balaban J connectivity index is -0.000000466. The molecule has 0 aliphatic carbocycles. The van der Waals surface area contributed by atoms with Crippen molar-refractivity contribution in [2.24, 2.45) is 0 Å². The van der Waals surface area contributed by atoms with Crippen molar-refractivity contribution in [2.45, 2.75) is 62.8 Å². The maximum atomic E-state index is 14.0. The molecule has 0 saturated carbocycles. The molecule has 8 N–H and O–H groups in total. The predicted molar refractivity (Wildman–Crippen MR) is 320 cm³/mol. The fourth-order valence-corrected chi connectivity index (χ4v) is 8.18. The predicted octanol–water partition coefficient (Wildman–Crippen LogP) is -3.61. The minimum Gasteiger partial charge on any atom is -0.870 e. The molecule has 4 aromatic carbocycles. The Labute approximate surface area is 599 Å². The van der Waals surface area contributed by atoms with Crippen molar-refractivity contribution >= 4 is 127 Å².